The lowest BCUT2D eigenvalue weighted by molar-refractivity contribution is 0.00334. The van der Waals surface area contributed by atoms with Gasteiger partial charge in [0.15, 0.2) is 0 Å². The molecular formula is C21H22ClF2N3O. The van der Waals surface area contributed by atoms with E-state index in [0.29, 0.717) is 18.1 Å². The Kier molecular flexibility index (Phi) is 4.32. The number of nitrogens with zero attached hydrogens (tertiary/aromatic N) is 3. The number of aromatic nitrogens is 3. The summed E-state index contributed by atoms with van der Waals surface area (Å²) in [5, 5.41) is 1.55. The monoisotopic (exact) mass is 405 g/mol. The van der Waals surface area contributed by atoms with Gasteiger partial charge in [-0.3, -0.25) is 4.98 Å². The summed E-state index contributed by atoms with van der Waals surface area (Å²) in [4.78, 5) is 9.34. The smallest absolute Gasteiger partial charge is 0.248 e. The summed E-state index contributed by atoms with van der Waals surface area (Å²) in [5.74, 6) is -2.09. The molecule has 2 fully saturated rings. The van der Waals surface area contributed by atoms with E-state index >= 15 is 0 Å². The van der Waals surface area contributed by atoms with Crippen LogP contribution >= 0.6 is 11.6 Å². The van der Waals surface area contributed by atoms with Crippen molar-refractivity contribution in [2.75, 3.05) is 6.61 Å². The number of imidazole rings is 1. The van der Waals surface area contributed by atoms with Crippen LogP contribution < -0.4 is 0 Å². The van der Waals surface area contributed by atoms with E-state index in [9.17, 15) is 8.78 Å². The van der Waals surface area contributed by atoms with Crippen molar-refractivity contribution in [1.82, 2.24) is 14.5 Å². The van der Waals surface area contributed by atoms with Gasteiger partial charge in [0, 0.05) is 41.8 Å². The van der Waals surface area contributed by atoms with E-state index in [0.717, 1.165) is 40.6 Å². The molecule has 0 bridgehead atoms. The molecule has 1 saturated carbocycles. The third-order valence-electron chi connectivity index (χ3n) is 6.10. The first-order valence-electron chi connectivity index (χ1n) is 9.87. The fourth-order valence-corrected chi connectivity index (χ4v) is 4.98. The summed E-state index contributed by atoms with van der Waals surface area (Å²) < 4.78 is 35.9. The number of fused-ring (bicyclic) bond motifs is 3. The van der Waals surface area contributed by atoms with Gasteiger partial charge in [-0.2, -0.15) is 0 Å². The normalized spacial score (nSPS) is 27.6. The Bertz CT molecular complexity index is 1050. The number of pyridine rings is 1. The molecule has 2 aromatic heterocycles. The Balaban J connectivity index is 1.75. The zero-order valence-electron chi connectivity index (χ0n) is 15.7. The molecule has 1 unspecified atom stereocenters. The third kappa shape index (κ3) is 3.07. The van der Waals surface area contributed by atoms with Gasteiger partial charge in [0.2, 0.25) is 5.92 Å². The van der Waals surface area contributed by atoms with Crippen LogP contribution in [0.4, 0.5) is 8.78 Å². The van der Waals surface area contributed by atoms with Crippen molar-refractivity contribution in [3.63, 3.8) is 0 Å². The largest absolute Gasteiger partial charge is 0.378 e. The molecule has 5 rings (SSSR count). The number of hydrogen-bond acceptors (Lipinski definition) is 3. The summed E-state index contributed by atoms with van der Waals surface area (Å²) in [6, 6.07) is 5.78. The summed E-state index contributed by atoms with van der Waals surface area (Å²) in [5.41, 5.74) is 2.54. The highest BCUT2D eigenvalue weighted by Crippen LogP contribution is 2.46. The lowest BCUT2D eigenvalue weighted by Crippen LogP contribution is -2.27. The third-order valence-corrected chi connectivity index (χ3v) is 6.33. The molecule has 0 radical (unpaired) electrons. The van der Waals surface area contributed by atoms with Crippen LogP contribution in [0.5, 0.6) is 0 Å². The van der Waals surface area contributed by atoms with E-state index in [4.69, 9.17) is 21.3 Å². The van der Waals surface area contributed by atoms with E-state index in [-0.39, 0.29) is 30.9 Å². The molecule has 1 aliphatic heterocycles. The maximum absolute atomic E-state index is 14.0. The van der Waals surface area contributed by atoms with Crippen LogP contribution in [-0.4, -0.2) is 33.2 Å². The van der Waals surface area contributed by atoms with Gasteiger partial charge in [-0.15, -0.1) is 0 Å². The second kappa shape index (κ2) is 6.63. The molecule has 1 aliphatic carbocycles. The zero-order chi connectivity index (χ0) is 19.5. The topological polar surface area (TPSA) is 39.9 Å². The predicted molar refractivity (Wildman–Crippen MR) is 105 cm³/mol. The highest BCUT2D eigenvalue weighted by atomic mass is 35.5. The fraction of sp³-hybridized carbons (Fsp3) is 0.524. The summed E-state index contributed by atoms with van der Waals surface area (Å²) in [6.07, 6.45) is 3.81. The van der Waals surface area contributed by atoms with E-state index in [1.54, 1.807) is 6.20 Å². The van der Waals surface area contributed by atoms with Crippen LogP contribution in [0.25, 0.3) is 21.9 Å². The van der Waals surface area contributed by atoms with Crippen molar-refractivity contribution in [2.24, 2.45) is 0 Å². The minimum Gasteiger partial charge on any atom is -0.378 e. The highest BCUT2D eigenvalue weighted by Gasteiger charge is 2.42. The quantitative estimate of drug-likeness (QED) is 0.534. The molecule has 7 heteroatoms. The Morgan fingerprint density at radius 1 is 1.25 bits per heavy atom. The molecule has 3 heterocycles. The molecule has 1 saturated heterocycles. The van der Waals surface area contributed by atoms with Crippen molar-refractivity contribution in [3.05, 3.63) is 35.2 Å². The molecule has 0 spiro atoms. The Morgan fingerprint density at radius 3 is 2.86 bits per heavy atom. The first kappa shape index (κ1) is 18.3. The van der Waals surface area contributed by atoms with E-state index < -0.39 is 5.92 Å². The Labute approximate surface area is 166 Å². The number of halogens is 3. The van der Waals surface area contributed by atoms with E-state index in [1.165, 1.54) is 0 Å². The standard InChI is InChI=1S/C21H22ClF2N3O/c1-12-8-15(5-7-28-12)27-19-16-9-14(22)2-3-17(16)25-11-18(19)26-20(27)13-4-6-21(23,24)10-13/h2-3,9,11-13,15H,4-8,10H2,1H3/t12-,13?,15-/m1/s1. The first-order valence-corrected chi connectivity index (χ1v) is 10.2. The fourth-order valence-electron chi connectivity index (χ4n) is 4.80. The average Bonchev–Trinajstić information content (AvgIpc) is 3.21. The van der Waals surface area contributed by atoms with Gasteiger partial charge in [-0.25, -0.2) is 13.8 Å². The van der Waals surface area contributed by atoms with Crippen molar-refractivity contribution >= 4 is 33.5 Å². The minimum atomic E-state index is -2.61. The van der Waals surface area contributed by atoms with Gasteiger partial charge in [-0.1, -0.05) is 11.6 Å². The van der Waals surface area contributed by atoms with Gasteiger partial charge in [0.25, 0.3) is 0 Å². The highest BCUT2D eigenvalue weighted by molar-refractivity contribution is 6.31. The molecule has 3 aromatic rings. The molecule has 148 valence electrons. The molecule has 0 amide bonds. The van der Waals surface area contributed by atoms with Crippen molar-refractivity contribution < 1.29 is 13.5 Å². The Morgan fingerprint density at radius 2 is 2.11 bits per heavy atom. The molecule has 0 N–H and O–H groups in total. The number of ether oxygens (including phenoxy) is 1. The zero-order valence-corrected chi connectivity index (χ0v) is 16.4. The van der Waals surface area contributed by atoms with Crippen LogP contribution in [0.15, 0.2) is 24.4 Å². The van der Waals surface area contributed by atoms with Crippen LogP contribution in [0, 0.1) is 0 Å². The predicted octanol–water partition coefficient (Wildman–Crippen LogP) is 5.88. The van der Waals surface area contributed by atoms with Crippen molar-refractivity contribution in [1.29, 1.82) is 0 Å². The van der Waals surface area contributed by atoms with Gasteiger partial charge in [-0.05, 0) is 44.4 Å². The molecule has 3 atom stereocenters. The number of alkyl halides is 2. The van der Waals surface area contributed by atoms with E-state index in [1.807, 2.05) is 18.2 Å². The SMILES string of the molecule is C[C@@H]1C[C@H](n2c(C3CCC(F)(F)C3)nc3cnc4ccc(Cl)cc4c32)CCO1. The molecule has 2 aliphatic rings. The average molecular weight is 406 g/mol. The van der Waals surface area contributed by atoms with E-state index in [2.05, 4.69) is 16.5 Å². The van der Waals surface area contributed by atoms with Crippen LogP contribution in [0.1, 0.15) is 56.8 Å². The van der Waals surface area contributed by atoms with Gasteiger partial charge >= 0.3 is 0 Å². The lowest BCUT2D eigenvalue weighted by atomic mass is 10.0. The number of rotatable bonds is 2. The number of hydrogen-bond donors (Lipinski definition) is 0. The molecule has 1 aromatic carbocycles. The van der Waals surface area contributed by atoms with Crippen LogP contribution in [0.2, 0.25) is 5.02 Å². The lowest BCUT2D eigenvalue weighted by Gasteiger charge is -2.31. The maximum Gasteiger partial charge on any atom is 0.248 e. The Hall–Kier alpha value is -1.79. The summed E-state index contributed by atoms with van der Waals surface area (Å²) in [7, 11) is 0. The second-order valence-electron chi connectivity index (χ2n) is 8.15. The van der Waals surface area contributed by atoms with Gasteiger partial charge in [0.05, 0.1) is 23.3 Å². The van der Waals surface area contributed by atoms with Crippen LogP contribution in [0.3, 0.4) is 0 Å². The molecular weight excluding hydrogens is 384 g/mol. The van der Waals surface area contributed by atoms with Crippen molar-refractivity contribution in [2.45, 2.75) is 63.0 Å². The van der Waals surface area contributed by atoms with Gasteiger partial charge in [0.1, 0.15) is 11.3 Å². The van der Waals surface area contributed by atoms with Crippen molar-refractivity contribution in [3.8, 4) is 0 Å². The first-order chi connectivity index (χ1) is 13.4. The molecule has 28 heavy (non-hydrogen) atoms. The van der Waals surface area contributed by atoms with Crippen LogP contribution in [-0.2, 0) is 4.74 Å². The summed E-state index contributed by atoms with van der Waals surface area (Å²) >= 11 is 6.28. The summed E-state index contributed by atoms with van der Waals surface area (Å²) in [6.45, 7) is 2.72. The van der Waals surface area contributed by atoms with Gasteiger partial charge < -0.3 is 9.30 Å². The number of benzene rings is 1. The molecule has 4 nitrogen and oxygen atoms in total. The minimum absolute atomic E-state index is 0.0735. The second-order valence-corrected chi connectivity index (χ2v) is 8.59. The maximum atomic E-state index is 14.0.